The van der Waals surface area contributed by atoms with Gasteiger partial charge in [-0.05, 0) is 25.1 Å². The van der Waals surface area contributed by atoms with Gasteiger partial charge in [0.1, 0.15) is 17.9 Å². The molecule has 0 N–H and O–H groups in total. The lowest BCUT2D eigenvalue weighted by Gasteiger charge is -2.19. The van der Waals surface area contributed by atoms with Crippen molar-refractivity contribution in [1.82, 2.24) is 0 Å². The number of aryl methyl sites for hydroxylation is 1. The molecular formula is C16H14N2O4. The minimum absolute atomic E-state index is 0.120. The number of rotatable bonds is 5. The van der Waals surface area contributed by atoms with E-state index in [0.29, 0.717) is 11.4 Å². The molecule has 0 bridgehead atoms. The first-order valence-corrected chi connectivity index (χ1v) is 6.57. The summed E-state index contributed by atoms with van der Waals surface area (Å²) in [6, 6.07) is 12.1. The first kappa shape index (κ1) is 15.3. The molecular weight excluding hydrogens is 284 g/mol. The lowest BCUT2D eigenvalue weighted by molar-refractivity contribution is -0.121. The molecule has 112 valence electrons. The van der Waals surface area contributed by atoms with Gasteiger partial charge in [0.15, 0.2) is 6.61 Å². The normalized spacial score (nSPS) is 9.82. The van der Waals surface area contributed by atoms with Crippen molar-refractivity contribution in [1.29, 1.82) is 5.26 Å². The third-order valence-electron chi connectivity index (χ3n) is 3.00. The number of nitriles is 1. The largest absolute Gasteiger partial charge is 0.469 e. The molecule has 0 fully saturated rings. The van der Waals surface area contributed by atoms with Crippen LogP contribution in [0.1, 0.15) is 16.1 Å². The Bertz CT molecular complexity index is 700. The number of nitrogens with zero attached hydrogens (tertiary/aromatic N) is 2. The number of carbonyl (C=O) groups excluding carboxylic acids is 2. The second kappa shape index (κ2) is 7.09. The summed E-state index contributed by atoms with van der Waals surface area (Å²) < 4.78 is 9.99. The third kappa shape index (κ3) is 3.52. The molecule has 1 amide bonds. The van der Waals surface area contributed by atoms with E-state index in [4.69, 9.17) is 14.4 Å². The van der Waals surface area contributed by atoms with Crippen LogP contribution in [0, 0.1) is 18.3 Å². The van der Waals surface area contributed by atoms with Gasteiger partial charge in [0, 0.05) is 5.69 Å². The van der Waals surface area contributed by atoms with Crippen LogP contribution in [-0.4, -0.2) is 25.0 Å². The summed E-state index contributed by atoms with van der Waals surface area (Å²) in [5.74, 6) is -0.679. The maximum absolute atomic E-state index is 12.2. The van der Waals surface area contributed by atoms with Crippen LogP contribution in [0.5, 0.6) is 0 Å². The van der Waals surface area contributed by atoms with E-state index >= 15 is 0 Å². The van der Waals surface area contributed by atoms with E-state index in [9.17, 15) is 9.59 Å². The SMILES string of the molecule is Cc1occc1C(=O)OCC(=O)N(CC#N)c1ccccc1. The van der Waals surface area contributed by atoms with Crippen LogP contribution in [0.25, 0.3) is 0 Å². The zero-order chi connectivity index (χ0) is 15.9. The molecule has 1 heterocycles. The number of para-hydroxylation sites is 1. The van der Waals surface area contributed by atoms with E-state index < -0.39 is 18.5 Å². The van der Waals surface area contributed by atoms with Gasteiger partial charge in [-0.15, -0.1) is 0 Å². The van der Waals surface area contributed by atoms with Crippen molar-refractivity contribution in [3.63, 3.8) is 0 Å². The minimum atomic E-state index is -0.635. The molecule has 1 aromatic carbocycles. The van der Waals surface area contributed by atoms with Gasteiger partial charge >= 0.3 is 5.97 Å². The minimum Gasteiger partial charge on any atom is -0.469 e. The topological polar surface area (TPSA) is 83.5 Å². The molecule has 2 rings (SSSR count). The first-order chi connectivity index (χ1) is 10.6. The smallest absolute Gasteiger partial charge is 0.342 e. The van der Waals surface area contributed by atoms with Crippen LogP contribution in [-0.2, 0) is 9.53 Å². The van der Waals surface area contributed by atoms with Crippen molar-refractivity contribution in [3.8, 4) is 6.07 Å². The fraction of sp³-hybridized carbons (Fsp3) is 0.188. The second-order valence-electron chi connectivity index (χ2n) is 4.44. The molecule has 0 spiro atoms. The van der Waals surface area contributed by atoms with E-state index in [0.717, 1.165) is 0 Å². The summed E-state index contributed by atoms with van der Waals surface area (Å²) in [6.07, 6.45) is 1.37. The van der Waals surface area contributed by atoms with Crippen molar-refractivity contribution in [2.75, 3.05) is 18.1 Å². The summed E-state index contributed by atoms with van der Waals surface area (Å²) in [5.41, 5.74) is 0.851. The number of ether oxygens (including phenoxy) is 1. The molecule has 1 aromatic heterocycles. The summed E-state index contributed by atoms with van der Waals surface area (Å²) in [6.45, 7) is 1.07. The molecule has 0 atom stereocenters. The highest BCUT2D eigenvalue weighted by molar-refractivity contribution is 5.97. The molecule has 6 heteroatoms. The van der Waals surface area contributed by atoms with Crippen LogP contribution >= 0.6 is 0 Å². The number of hydrogen-bond acceptors (Lipinski definition) is 5. The Balaban J connectivity index is 2.02. The number of esters is 1. The number of anilines is 1. The van der Waals surface area contributed by atoms with Gasteiger partial charge in [0.2, 0.25) is 0 Å². The van der Waals surface area contributed by atoms with Gasteiger partial charge < -0.3 is 9.15 Å². The molecule has 0 aliphatic rings. The van der Waals surface area contributed by atoms with Gasteiger partial charge in [0.05, 0.1) is 12.3 Å². The fourth-order valence-corrected chi connectivity index (χ4v) is 1.88. The predicted octanol–water partition coefficient (Wildman–Crippen LogP) is 2.30. The number of carbonyl (C=O) groups is 2. The van der Waals surface area contributed by atoms with Crippen LogP contribution in [0.4, 0.5) is 5.69 Å². The Labute approximate surface area is 127 Å². The highest BCUT2D eigenvalue weighted by Gasteiger charge is 2.19. The van der Waals surface area contributed by atoms with Crippen LogP contribution < -0.4 is 4.90 Å². The molecule has 0 saturated carbocycles. The second-order valence-corrected chi connectivity index (χ2v) is 4.44. The van der Waals surface area contributed by atoms with Crippen molar-refractivity contribution in [2.45, 2.75) is 6.92 Å². The van der Waals surface area contributed by atoms with E-state index in [1.807, 2.05) is 6.07 Å². The standard InChI is InChI=1S/C16H14N2O4/c1-12-14(7-10-21-12)16(20)22-11-15(19)18(9-8-17)13-5-3-2-4-6-13/h2-7,10H,9,11H2,1H3. The molecule has 22 heavy (non-hydrogen) atoms. The van der Waals surface area contributed by atoms with Crippen LogP contribution in [0.3, 0.4) is 0 Å². The van der Waals surface area contributed by atoms with Gasteiger partial charge in [0.25, 0.3) is 5.91 Å². The maximum Gasteiger partial charge on any atom is 0.342 e. The summed E-state index contributed by atoms with van der Waals surface area (Å²) in [7, 11) is 0. The van der Waals surface area contributed by atoms with E-state index in [-0.39, 0.29) is 12.1 Å². The lowest BCUT2D eigenvalue weighted by atomic mass is 10.2. The monoisotopic (exact) mass is 298 g/mol. The van der Waals surface area contributed by atoms with Gasteiger partial charge in [-0.1, -0.05) is 18.2 Å². The Morgan fingerprint density at radius 3 is 2.59 bits per heavy atom. The van der Waals surface area contributed by atoms with Crippen molar-refractivity contribution in [3.05, 3.63) is 54.0 Å². The summed E-state index contributed by atoms with van der Waals surface area (Å²) in [5, 5.41) is 8.85. The molecule has 0 aliphatic heterocycles. The third-order valence-corrected chi connectivity index (χ3v) is 3.00. The molecule has 0 aliphatic carbocycles. The quantitative estimate of drug-likeness (QED) is 0.624. The maximum atomic E-state index is 12.2. The molecule has 0 saturated heterocycles. The van der Waals surface area contributed by atoms with Crippen molar-refractivity contribution in [2.24, 2.45) is 0 Å². The fourth-order valence-electron chi connectivity index (χ4n) is 1.88. The average molecular weight is 298 g/mol. The highest BCUT2D eigenvalue weighted by Crippen LogP contribution is 2.14. The highest BCUT2D eigenvalue weighted by atomic mass is 16.5. The van der Waals surface area contributed by atoms with E-state index in [2.05, 4.69) is 0 Å². The van der Waals surface area contributed by atoms with Gasteiger partial charge in [-0.3, -0.25) is 9.69 Å². The number of amides is 1. The molecule has 2 aromatic rings. The average Bonchev–Trinajstić information content (AvgIpc) is 2.97. The molecule has 0 unspecified atom stereocenters. The Morgan fingerprint density at radius 2 is 2.00 bits per heavy atom. The number of hydrogen-bond donors (Lipinski definition) is 0. The van der Waals surface area contributed by atoms with E-state index in [1.54, 1.807) is 37.3 Å². The summed E-state index contributed by atoms with van der Waals surface area (Å²) >= 11 is 0. The predicted molar refractivity (Wildman–Crippen MR) is 78.1 cm³/mol. The summed E-state index contributed by atoms with van der Waals surface area (Å²) in [4.78, 5) is 25.3. The Morgan fingerprint density at radius 1 is 1.27 bits per heavy atom. The Kier molecular flexibility index (Phi) is 4.94. The van der Waals surface area contributed by atoms with Crippen LogP contribution in [0.15, 0.2) is 47.1 Å². The first-order valence-electron chi connectivity index (χ1n) is 6.57. The molecule has 0 radical (unpaired) electrons. The number of furan rings is 1. The Hall–Kier alpha value is -3.07. The lowest BCUT2D eigenvalue weighted by Crippen LogP contribution is -2.35. The van der Waals surface area contributed by atoms with Crippen molar-refractivity contribution >= 4 is 17.6 Å². The van der Waals surface area contributed by atoms with E-state index in [1.165, 1.54) is 17.2 Å². The van der Waals surface area contributed by atoms with Gasteiger partial charge in [-0.25, -0.2) is 4.79 Å². The zero-order valence-corrected chi connectivity index (χ0v) is 12.0. The van der Waals surface area contributed by atoms with Crippen molar-refractivity contribution < 1.29 is 18.7 Å². The zero-order valence-electron chi connectivity index (χ0n) is 12.0. The number of benzene rings is 1. The van der Waals surface area contributed by atoms with Gasteiger partial charge in [-0.2, -0.15) is 5.26 Å². The molecule has 6 nitrogen and oxygen atoms in total. The van der Waals surface area contributed by atoms with Crippen LogP contribution in [0.2, 0.25) is 0 Å².